The Labute approximate surface area is 237 Å². The van der Waals surface area contributed by atoms with Crippen LogP contribution in [0.5, 0.6) is 5.75 Å². The van der Waals surface area contributed by atoms with Crippen molar-refractivity contribution in [2.24, 2.45) is 11.0 Å². The van der Waals surface area contributed by atoms with Gasteiger partial charge < -0.3 is 15.2 Å². The molecule has 0 unspecified atom stereocenters. The Morgan fingerprint density at radius 2 is 1.85 bits per heavy atom. The lowest BCUT2D eigenvalue weighted by molar-refractivity contribution is 0.0956. The SMILES string of the molecule is COc1cccc(C=NNC(=O)c2cc(Br)ccc2NC(=O)c2ccc(CN3CCC(CCO)CC3)cc2)c1. The quantitative estimate of drug-likeness (QED) is 0.225. The Kier molecular flexibility index (Phi) is 10.2. The number of carbonyl (C=O) groups excluding carboxylic acids is 2. The van der Waals surface area contributed by atoms with Crippen molar-refractivity contribution in [3.63, 3.8) is 0 Å². The van der Waals surface area contributed by atoms with Crippen LogP contribution in [-0.4, -0.2) is 54.8 Å². The van der Waals surface area contributed by atoms with E-state index in [-0.39, 0.29) is 18.1 Å². The van der Waals surface area contributed by atoms with Crippen LogP contribution in [0, 0.1) is 5.92 Å². The molecule has 0 spiro atoms. The molecule has 1 saturated heterocycles. The highest BCUT2D eigenvalue weighted by atomic mass is 79.9. The number of ether oxygens (including phenoxy) is 1. The zero-order chi connectivity index (χ0) is 27.6. The Morgan fingerprint density at radius 3 is 2.56 bits per heavy atom. The highest BCUT2D eigenvalue weighted by Crippen LogP contribution is 2.23. The van der Waals surface area contributed by atoms with Gasteiger partial charge >= 0.3 is 0 Å². The number of nitrogens with zero attached hydrogens (tertiary/aromatic N) is 2. The van der Waals surface area contributed by atoms with Gasteiger partial charge in [0.2, 0.25) is 0 Å². The minimum atomic E-state index is -0.455. The molecule has 0 radical (unpaired) electrons. The van der Waals surface area contributed by atoms with E-state index in [1.807, 2.05) is 30.3 Å². The molecular weight excluding hydrogens is 560 g/mol. The molecule has 0 saturated carbocycles. The number of piperidine rings is 1. The molecule has 1 fully saturated rings. The highest BCUT2D eigenvalue weighted by Gasteiger charge is 2.19. The summed E-state index contributed by atoms with van der Waals surface area (Å²) in [5.41, 5.74) is 5.60. The van der Waals surface area contributed by atoms with Crippen molar-refractivity contribution in [2.75, 3.05) is 32.1 Å². The van der Waals surface area contributed by atoms with Crippen LogP contribution in [0.4, 0.5) is 5.69 Å². The fourth-order valence-corrected chi connectivity index (χ4v) is 4.95. The van der Waals surface area contributed by atoms with Crippen LogP contribution in [0.2, 0.25) is 0 Å². The molecule has 0 bridgehead atoms. The lowest BCUT2D eigenvalue weighted by Crippen LogP contribution is -2.33. The normalized spacial score (nSPS) is 14.3. The summed E-state index contributed by atoms with van der Waals surface area (Å²) in [5, 5.41) is 16.1. The molecule has 0 aromatic heterocycles. The van der Waals surface area contributed by atoms with E-state index in [4.69, 9.17) is 9.84 Å². The molecule has 0 aliphatic carbocycles. The number of likely N-dealkylation sites (tertiary alicyclic amines) is 1. The van der Waals surface area contributed by atoms with E-state index >= 15 is 0 Å². The molecule has 0 atom stereocenters. The van der Waals surface area contributed by atoms with Gasteiger partial charge in [-0.05, 0) is 91.9 Å². The number of aliphatic hydroxyl groups excluding tert-OH is 1. The molecule has 1 aliphatic rings. The Morgan fingerprint density at radius 1 is 1.08 bits per heavy atom. The molecule has 3 aromatic carbocycles. The van der Waals surface area contributed by atoms with Gasteiger partial charge in [-0.15, -0.1) is 0 Å². The number of benzene rings is 3. The van der Waals surface area contributed by atoms with Gasteiger partial charge in [0, 0.05) is 23.2 Å². The third-order valence-electron chi connectivity index (χ3n) is 6.81. The van der Waals surface area contributed by atoms with Gasteiger partial charge in [0.05, 0.1) is 24.6 Å². The predicted molar refractivity (Wildman–Crippen MR) is 156 cm³/mol. The van der Waals surface area contributed by atoms with Gasteiger partial charge in [0.1, 0.15) is 5.75 Å². The number of anilines is 1. The van der Waals surface area contributed by atoms with Gasteiger partial charge in [-0.1, -0.05) is 40.2 Å². The molecular formula is C30H33BrN4O4. The number of methoxy groups -OCH3 is 1. The number of hydrazone groups is 1. The Hall–Kier alpha value is -3.53. The maximum atomic E-state index is 13.0. The predicted octanol–water partition coefficient (Wildman–Crippen LogP) is 5.07. The van der Waals surface area contributed by atoms with Crippen LogP contribution in [0.15, 0.2) is 76.3 Å². The molecule has 3 aromatic rings. The number of hydrogen-bond donors (Lipinski definition) is 3. The maximum Gasteiger partial charge on any atom is 0.273 e. The summed E-state index contributed by atoms with van der Waals surface area (Å²) in [7, 11) is 1.58. The lowest BCUT2D eigenvalue weighted by Gasteiger charge is -2.31. The molecule has 8 nitrogen and oxygen atoms in total. The van der Waals surface area contributed by atoms with E-state index in [0.717, 1.165) is 50.0 Å². The van der Waals surface area contributed by atoms with Gasteiger partial charge in [0.15, 0.2) is 0 Å². The van der Waals surface area contributed by atoms with Crippen LogP contribution in [0.3, 0.4) is 0 Å². The van der Waals surface area contributed by atoms with Crippen LogP contribution in [0.1, 0.15) is 51.1 Å². The Bertz CT molecular complexity index is 1300. The zero-order valence-electron chi connectivity index (χ0n) is 21.9. The van der Waals surface area contributed by atoms with Crippen molar-refractivity contribution in [1.29, 1.82) is 0 Å². The van der Waals surface area contributed by atoms with Gasteiger partial charge in [-0.2, -0.15) is 5.10 Å². The second kappa shape index (κ2) is 14.0. The first-order chi connectivity index (χ1) is 18.9. The van der Waals surface area contributed by atoms with E-state index in [9.17, 15) is 9.59 Å². The summed E-state index contributed by atoms with van der Waals surface area (Å²) in [6, 6.07) is 19.9. The molecule has 1 aliphatic heterocycles. The van der Waals surface area contributed by atoms with E-state index in [2.05, 4.69) is 36.7 Å². The van der Waals surface area contributed by atoms with Gasteiger partial charge in [-0.25, -0.2) is 5.43 Å². The van der Waals surface area contributed by atoms with Crippen molar-refractivity contribution in [1.82, 2.24) is 10.3 Å². The standard InChI is InChI=1S/C30H33BrN4O4/c1-39-26-4-2-3-23(17-26)19-32-34-30(38)27-18-25(31)9-10-28(27)33-29(37)24-7-5-22(6-8-24)20-35-14-11-21(12-15-35)13-16-36/h2-10,17-19,21,36H,11-16,20H2,1H3,(H,33,37)(H,34,38). The number of rotatable bonds is 10. The van der Waals surface area contributed by atoms with Gasteiger partial charge in [-0.3, -0.25) is 14.5 Å². The number of hydrogen-bond acceptors (Lipinski definition) is 6. The highest BCUT2D eigenvalue weighted by molar-refractivity contribution is 9.10. The zero-order valence-corrected chi connectivity index (χ0v) is 23.5. The van der Waals surface area contributed by atoms with Crippen LogP contribution >= 0.6 is 15.9 Å². The Balaban J connectivity index is 1.36. The minimum absolute atomic E-state index is 0.263. The largest absolute Gasteiger partial charge is 0.497 e. The summed E-state index contributed by atoms with van der Waals surface area (Å²) >= 11 is 3.40. The molecule has 9 heteroatoms. The molecule has 204 valence electrons. The first kappa shape index (κ1) is 28.5. The number of halogens is 1. The molecule has 1 heterocycles. The fraction of sp³-hybridized carbons (Fsp3) is 0.300. The second-order valence-corrected chi connectivity index (χ2v) is 10.5. The third-order valence-corrected chi connectivity index (χ3v) is 7.31. The molecule has 3 N–H and O–H groups in total. The summed E-state index contributed by atoms with van der Waals surface area (Å²) < 4.78 is 5.90. The number of carbonyl (C=O) groups is 2. The monoisotopic (exact) mass is 592 g/mol. The number of aliphatic hydroxyl groups is 1. The van der Waals surface area contributed by atoms with Crippen LogP contribution in [-0.2, 0) is 6.54 Å². The summed E-state index contributed by atoms with van der Waals surface area (Å²) in [6.45, 7) is 3.13. The van der Waals surface area contributed by atoms with Crippen molar-refractivity contribution in [3.05, 3.63) is 93.5 Å². The van der Waals surface area contributed by atoms with Crippen molar-refractivity contribution < 1.29 is 19.4 Å². The molecule has 39 heavy (non-hydrogen) atoms. The van der Waals surface area contributed by atoms with E-state index in [0.29, 0.717) is 27.4 Å². The fourth-order valence-electron chi connectivity index (χ4n) is 4.59. The summed E-state index contributed by atoms with van der Waals surface area (Å²) in [6.07, 6.45) is 4.62. The second-order valence-electron chi connectivity index (χ2n) is 9.55. The lowest BCUT2D eigenvalue weighted by atomic mass is 9.93. The van der Waals surface area contributed by atoms with E-state index in [1.54, 1.807) is 43.5 Å². The van der Waals surface area contributed by atoms with Crippen LogP contribution in [0.25, 0.3) is 0 Å². The third kappa shape index (κ3) is 8.23. The smallest absolute Gasteiger partial charge is 0.273 e. The van der Waals surface area contributed by atoms with Gasteiger partial charge in [0.25, 0.3) is 11.8 Å². The maximum absolute atomic E-state index is 13.0. The van der Waals surface area contributed by atoms with Crippen molar-refractivity contribution >= 4 is 39.6 Å². The molecule has 4 rings (SSSR count). The van der Waals surface area contributed by atoms with Crippen LogP contribution < -0.4 is 15.5 Å². The van der Waals surface area contributed by atoms with Crippen molar-refractivity contribution in [3.8, 4) is 5.75 Å². The average molecular weight is 594 g/mol. The number of nitrogens with one attached hydrogen (secondary N) is 2. The topological polar surface area (TPSA) is 103 Å². The number of amides is 2. The summed E-state index contributed by atoms with van der Waals surface area (Å²) in [5.74, 6) is 0.545. The first-order valence-electron chi connectivity index (χ1n) is 13.0. The average Bonchev–Trinajstić information content (AvgIpc) is 2.95. The van der Waals surface area contributed by atoms with Crippen molar-refractivity contribution in [2.45, 2.75) is 25.8 Å². The summed E-state index contributed by atoms with van der Waals surface area (Å²) in [4.78, 5) is 28.3. The van der Waals surface area contributed by atoms with E-state index < -0.39 is 5.91 Å². The van der Waals surface area contributed by atoms with E-state index in [1.165, 1.54) is 6.21 Å². The minimum Gasteiger partial charge on any atom is -0.497 e. The first-order valence-corrected chi connectivity index (χ1v) is 13.7. The molecule has 2 amide bonds.